The standard InChI is InChI=1S/C30H37FN4O5S2/c1-19-14-22-15-21(6-7-28(36)37)16-26(29(22)32-18-19)42(39,40)34-24(17-27-33-23-4-2-3-5-25(23)41-27)30(38)35-12-9-20(8-11-31)10-13-35/h2-5,15-16,19-20,24,32,34H,6-14,17-18H2,1H3,(H,36,37)/t19-,24-/m0/s1. The minimum atomic E-state index is -4.21. The van der Waals surface area contributed by atoms with Gasteiger partial charge in [-0.25, -0.2) is 13.4 Å². The third kappa shape index (κ3) is 7.09. The predicted molar refractivity (Wildman–Crippen MR) is 161 cm³/mol. The summed E-state index contributed by atoms with van der Waals surface area (Å²) in [7, 11) is -4.21. The van der Waals surface area contributed by atoms with E-state index in [1.807, 2.05) is 30.3 Å². The lowest BCUT2D eigenvalue weighted by atomic mass is 9.93. The van der Waals surface area contributed by atoms with E-state index in [-0.39, 0.29) is 48.6 Å². The zero-order valence-electron chi connectivity index (χ0n) is 23.6. The lowest BCUT2D eigenvalue weighted by Crippen LogP contribution is -2.51. The molecule has 0 aliphatic carbocycles. The van der Waals surface area contributed by atoms with Crippen molar-refractivity contribution in [3.8, 4) is 0 Å². The van der Waals surface area contributed by atoms with Crippen LogP contribution in [0.15, 0.2) is 41.3 Å². The molecule has 9 nitrogen and oxygen atoms in total. The highest BCUT2D eigenvalue weighted by Gasteiger charge is 2.34. The van der Waals surface area contributed by atoms with Crippen LogP contribution in [-0.4, -0.2) is 67.6 Å². The van der Waals surface area contributed by atoms with Gasteiger partial charge in [0.15, 0.2) is 0 Å². The van der Waals surface area contributed by atoms with Gasteiger partial charge in [0.2, 0.25) is 15.9 Å². The van der Waals surface area contributed by atoms with Gasteiger partial charge in [-0.1, -0.05) is 25.1 Å². The van der Waals surface area contributed by atoms with E-state index in [1.54, 1.807) is 4.90 Å². The monoisotopic (exact) mass is 616 g/mol. The van der Waals surface area contributed by atoms with E-state index in [2.05, 4.69) is 21.9 Å². The number of aryl methyl sites for hydroxylation is 1. The van der Waals surface area contributed by atoms with Crippen molar-refractivity contribution in [3.05, 3.63) is 52.5 Å². The first-order valence-corrected chi connectivity index (χ1v) is 16.8. The van der Waals surface area contributed by atoms with Gasteiger partial charge in [-0.15, -0.1) is 11.3 Å². The number of anilines is 1. The number of sulfonamides is 1. The van der Waals surface area contributed by atoms with Crippen molar-refractivity contribution >= 4 is 49.1 Å². The number of carbonyl (C=O) groups is 2. The molecule has 1 fully saturated rings. The average Bonchev–Trinajstić information content (AvgIpc) is 3.37. The summed E-state index contributed by atoms with van der Waals surface area (Å²) in [4.78, 5) is 31.5. The number of hydrogen-bond donors (Lipinski definition) is 3. The minimum Gasteiger partial charge on any atom is -0.481 e. The first kappa shape index (κ1) is 30.4. The van der Waals surface area contributed by atoms with Gasteiger partial charge in [-0.05, 0) is 73.3 Å². The molecule has 0 unspecified atom stereocenters. The summed E-state index contributed by atoms with van der Waals surface area (Å²) >= 11 is 1.43. The van der Waals surface area contributed by atoms with E-state index in [1.165, 1.54) is 17.4 Å². The molecule has 0 radical (unpaired) electrons. The van der Waals surface area contributed by atoms with Gasteiger partial charge < -0.3 is 15.3 Å². The molecule has 2 atom stereocenters. The number of carboxylic acid groups (broad SMARTS) is 1. The summed E-state index contributed by atoms with van der Waals surface area (Å²) in [5.41, 5.74) is 2.73. The zero-order chi connectivity index (χ0) is 29.9. The Labute approximate surface area is 249 Å². The number of hydrogen-bond acceptors (Lipinski definition) is 7. The molecule has 0 bridgehead atoms. The van der Waals surface area contributed by atoms with Gasteiger partial charge in [0.05, 0.1) is 27.6 Å². The number of alkyl halides is 1. The van der Waals surface area contributed by atoms with Gasteiger partial charge in [0.25, 0.3) is 0 Å². The number of halogens is 1. The Balaban J connectivity index is 1.46. The van der Waals surface area contributed by atoms with E-state index in [0.717, 1.165) is 15.8 Å². The van der Waals surface area contributed by atoms with Crippen molar-refractivity contribution < 1.29 is 27.5 Å². The topological polar surface area (TPSA) is 129 Å². The Bertz CT molecular complexity index is 1520. The molecule has 2 aromatic carbocycles. The Morgan fingerprint density at radius 1 is 1.24 bits per heavy atom. The van der Waals surface area contributed by atoms with Crippen molar-refractivity contribution in [1.29, 1.82) is 0 Å². The molecule has 0 spiro atoms. The van der Waals surface area contributed by atoms with Crippen LogP contribution >= 0.6 is 11.3 Å². The normalized spacial score (nSPS) is 18.4. The maximum atomic E-state index is 14.1. The molecule has 3 N–H and O–H groups in total. The number of aliphatic carboxylic acids is 1. The Kier molecular flexibility index (Phi) is 9.44. The first-order chi connectivity index (χ1) is 20.1. The molecule has 3 aromatic rings. The van der Waals surface area contributed by atoms with Gasteiger partial charge in [0.1, 0.15) is 10.9 Å². The number of nitrogens with zero attached hydrogens (tertiary/aromatic N) is 2. The van der Waals surface area contributed by atoms with Gasteiger partial charge >= 0.3 is 5.97 Å². The maximum absolute atomic E-state index is 14.1. The highest BCUT2D eigenvalue weighted by molar-refractivity contribution is 7.89. The van der Waals surface area contributed by atoms with E-state index in [9.17, 15) is 27.5 Å². The number of carbonyl (C=O) groups excluding carboxylic acids is 1. The summed E-state index contributed by atoms with van der Waals surface area (Å²) in [5.74, 6) is -0.788. The fraction of sp³-hybridized carbons (Fsp3) is 0.500. The average molecular weight is 617 g/mol. The van der Waals surface area contributed by atoms with Gasteiger partial charge in [0, 0.05) is 32.5 Å². The number of piperidine rings is 1. The molecular formula is C30H37FN4O5S2. The molecule has 5 rings (SSSR count). The van der Waals surface area contributed by atoms with Crippen LogP contribution in [0.1, 0.15) is 48.7 Å². The molecular weight excluding hydrogens is 579 g/mol. The van der Waals surface area contributed by atoms with Crippen LogP contribution in [-0.2, 0) is 38.9 Å². The van der Waals surface area contributed by atoms with Crippen molar-refractivity contribution in [1.82, 2.24) is 14.6 Å². The van der Waals surface area contributed by atoms with Crippen LogP contribution < -0.4 is 10.0 Å². The first-order valence-electron chi connectivity index (χ1n) is 14.5. The van der Waals surface area contributed by atoms with Crippen LogP contribution in [0.2, 0.25) is 0 Å². The molecule has 0 saturated carbocycles. The fourth-order valence-electron chi connectivity index (χ4n) is 5.86. The number of fused-ring (bicyclic) bond motifs is 2. The predicted octanol–water partition coefficient (Wildman–Crippen LogP) is 4.41. The number of nitrogens with one attached hydrogen (secondary N) is 2. The number of amides is 1. The largest absolute Gasteiger partial charge is 0.481 e. The maximum Gasteiger partial charge on any atom is 0.303 e. The minimum absolute atomic E-state index is 0.0241. The van der Waals surface area contributed by atoms with Crippen molar-refractivity contribution in [3.63, 3.8) is 0 Å². The molecule has 1 saturated heterocycles. The molecule has 2 aliphatic rings. The summed E-state index contributed by atoms with van der Waals surface area (Å²) in [6.45, 7) is 3.17. The summed E-state index contributed by atoms with van der Waals surface area (Å²) < 4.78 is 44.7. The lowest BCUT2D eigenvalue weighted by Gasteiger charge is -2.34. The third-order valence-electron chi connectivity index (χ3n) is 8.11. The summed E-state index contributed by atoms with van der Waals surface area (Å²) in [5, 5.41) is 13.1. The van der Waals surface area contributed by atoms with E-state index in [0.29, 0.717) is 61.6 Å². The number of rotatable bonds is 11. The van der Waals surface area contributed by atoms with E-state index < -0.39 is 22.0 Å². The highest BCUT2D eigenvalue weighted by Crippen LogP contribution is 2.34. The lowest BCUT2D eigenvalue weighted by molar-refractivity contribution is -0.137. The Morgan fingerprint density at radius 3 is 2.71 bits per heavy atom. The molecule has 12 heteroatoms. The summed E-state index contributed by atoms with van der Waals surface area (Å²) in [6, 6.07) is 9.93. The zero-order valence-corrected chi connectivity index (χ0v) is 25.3. The number of carboxylic acids is 1. The highest BCUT2D eigenvalue weighted by atomic mass is 32.2. The van der Waals surface area contributed by atoms with Crippen LogP contribution in [0.5, 0.6) is 0 Å². The third-order valence-corrected chi connectivity index (χ3v) is 10.7. The fourth-order valence-corrected chi connectivity index (χ4v) is 8.34. The number of benzene rings is 2. The van der Waals surface area contributed by atoms with Crippen LogP contribution in [0.25, 0.3) is 10.2 Å². The second-order valence-corrected chi connectivity index (χ2v) is 14.2. The molecule has 2 aliphatic heterocycles. The second kappa shape index (κ2) is 13.0. The molecule has 1 amide bonds. The molecule has 42 heavy (non-hydrogen) atoms. The van der Waals surface area contributed by atoms with Crippen LogP contribution in [0.3, 0.4) is 0 Å². The van der Waals surface area contributed by atoms with Gasteiger partial charge in [-0.3, -0.25) is 14.0 Å². The van der Waals surface area contributed by atoms with Crippen molar-refractivity contribution in [2.75, 3.05) is 31.6 Å². The van der Waals surface area contributed by atoms with Crippen molar-refractivity contribution in [2.24, 2.45) is 11.8 Å². The molecule has 226 valence electrons. The number of thiazole rings is 1. The quantitative estimate of drug-likeness (QED) is 0.291. The SMILES string of the molecule is C[C@@H]1CNc2c(cc(CCC(=O)O)cc2S(=O)(=O)N[C@@H](Cc2nc3ccccc3s2)C(=O)N2CCC(CCF)CC2)C1. The smallest absolute Gasteiger partial charge is 0.303 e. The van der Waals surface area contributed by atoms with E-state index in [4.69, 9.17) is 0 Å². The van der Waals surface area contributed by atoms with Crippen LogP contribution in [0.4, 0.5) is 10.1 Å². The molecule has 3 heterocycles. The van der Waals surface area contributed by atoms with Crippen molar-refractivity contribution in [2.45, 2.75) is 62.8 Å². The number of aromatic nitrogens is 1. The Morgan fingerprint density at radius 2 is 2.00 bits per heavy atom. The molecule has 1 aromatic heterocycles. The summed E-state index contributed by atoms with van der Waals surface area (Å²) in [6.07, 6.45) is 2.65. The van der Waals surface area contributed by atoms with Gasteiger partial charge in [-0.2, -0.15) is 4.72 Å². The van der Waals surface area contributed by atoms with Crippen LogP contribution in [0, 0.1) is 11.8 Å². The van der Waals surface area contributed by atoms with E-state index >= 15 is 0 Å². The second-order valence-electron chi connectivity index (χ2n) is 11.4. The Hall–Kier alpha value is -3.09. The number of likely N-dealkylation sites (tertiary alicyclic amines) is 1. The number of para-hydroxylation sites is 1.